The number of carbonyl (C=O) groups excluding carboxylic acids is 2. The number of hydrogen-bond donors (Lipinski definition) is 0. The van der Waals surface area contributed by atoms with Crippen LogP contribution in [-0.4, -0.2) is 36.8 Å². The maximum atomic E-state index is 13.0. The Kier molecular flexibility index (Phi) is 7.49. The number of aromatic nitrogens is 1. The quantitative estimate of drug-likeness (QED) is 0.245. The fourth-order valence-electron chi connectivity index (χ4n) is 4.31. The lowest BCUT2D eigenvalue weighted by molar-refractivity contribution is 0.0551. The molecule has 0 fully saturated rings. The number of carbonyl (C=O) groups is 2. The molecular weight excluding hydrogens is 482 g/mol. The number of rotatable bonds is 7. The number of esters is 2. The van der Waals surface area contributed by atoms with Crippen LogP contribution in [0.15, 0.2) is 66.7 Å². The highest BCUT2D eigenvalue weighted by atomic mass is 16.5. The highest BCUT2D eigenvalue weighted by Crippen LogP contribution is 2.35. The predicted molar refractivity (Wildman–Crippen MR) is 147 cm³/mol. The molecule has 4 aromatic rings. The summed E-state index contributed by atoms with van der Waals surface area (Å²) in [5.41, 5.74) is 2.67. The Labute approximate surface area is 222 Å². The van der Waals surface area contributed by atoms with Crippen LogP contribution in [0.5, 0.6) is 17.2 Å². The standard InChI is InChI=1S/C31H33NO6/c1-19(2)37-22-14-10-21(11-15-22)32-26-17-16-24(38-23-12-8-20(9-13-23)31(3,4)5)18-25(26)27(29(33)35-6)28(32)30(34)36-7/h8-19H,1-7H3. The molecule has 7 heteroatoms. The first-order valence-corrected chi connectivity index (χ1v) is 12.4. The van der Waals surface area contributed by atoms with Gasteiger partial charge in [-0.2, -0.15) is 0 Å². The summed E-state index contributed by atoms with van der Waals surface area (Å²) in [7, 11) is 2.56. The highest BCUT2D eigenvalue weighted by Gasteiger charge is 2.30. The van der Waals surface area contributed by atoms with Gasteiger partial charge in [0.1, 0.15) is 28.5 Å². The van der Waals surface area contributed by atoms with Crippen LogP contribution in [0.1, 0.15) is 61.0 Å². The van der Waals surface area contributed by atoms with Crippen molar-refractivity contribution in [2.45, 2.75) is 46.1 Å². The Morgan fingerprint density at radius 3 is 1.89 bits per heavy atom. The lowest BCUT2D eigenvalue weighted by Crippen LogP contribution is -2.15. The van der Waals surface area contributed by atoms with E-state index in [0.717, 1.165) is 0 Å². The molecule has 1 aromatic heterocycles. The van der Waals surface area contributed by atoms with Crippen molar-refractivity contribution in [3.8, 4) is 22.9 Å². The van der Waals surface area contributed by atoms with Gasteiger partial charge in [0.05, 0.1) is 25.8 Å². The molecule has 0 aliphatic heterocycles. The van der Waals surface area contributed by atoms with Gasteiger partial charge in [0, 0.05) is 11.1 Å². The van der Waals surface area contributed by atoms with Crippen molar-refractivity contribution in [2.75, 3.05) is 14.2 Å². The fourth-order valence-corrected chi connectivity index (χ4v) is 4.31. The molecule has 198 valence electrons. The van der Waals surface area contributed by atoms with Gasteiger partial charge in [-0.25, -0.2) is 9.59 Å². The minimum Gasteiger partial charge on any atom is -0.491 e. The molecule has 0 amide bonds. The third-order valence-corrected chi connectivity index (χ3v) is 6.13. The third kappa shape index (κ3) is 5.37. The first-order valence-electron chi connectivity index (χ1n) is 12.4. The SMILES string of the molecule is COC(=O)c1c(C(=O)OC)n(-c2ccc(OC(C)C)cc2)c2ccc(Oc3ccc(C(C)(C)C)cc3)cc12. The maximum absolute atomic E-state index is 13.0. The lowest BCUT2D eigenvalue weighted by atomic mass is 9.87. The summed E-state index contributed by atoms with van der Waals surface area (Å²) in [6, 6.07) is 20.5. The van der Waals surface area contributed by atoms with Gasteiger partial charge in [0.15, 0.2) is 0 Å². The maximum Gasteiger partial charge on any atom is 0.355 e. The molecule has 0 atom stereocenters. The normalized spacial score (nSPS) is 11.5. The molecule has 3 aromatic carbocycles. The van der Waals surface area contributed by atoms with Gasteiger partial charge >= 0.3 is 11.9 Å². The molecule has 0 saturated heterocycles. The Balaban J connectivity index is 1.85. The second-order valence-corrected chi connectivity index (χ2v) is 10.3. The van der Waals surface area contributed by atoms with Crippen LogP contribution in [0.2, 0.25) is 0 Å². The molecule has 1 heterocycles. The highest BCUT2D eigenvalue weighted by molar-refractivity contribution is 6.14. The minimum atomic E-state index is -0.663. The number of nitrogens with zero attached hydrogens (tertiary/aromatic N) is 1. The molecule has 7 nitrogen and oxygen atoms in total. The van der Waals surface area contributed by atoms with Crippen molar-refractivity contribution in [3.63, 3.8) is 0 Å². The molecule has 0 bridgehead atoms. The first kappa shape index (κ1) is 26.8. The third-order valence-electron chi connectivity index (χ3n) is 6.13. The van der Waals surface area contributed by atoms with E-state index in [1.54, 1.807) is 16.7 Å². The molecule has 0 radical (unpaired) electrons. The topological polar surface area (TPSA) is 76.0 Å². The molecule has 0 saturated carbocycles. The summed E-state index contributed by atoms with van der Waals surface area (Å²) in [6.45, 7) is 10.4. The summed E-state index contributed by atoms with van der Waals surface area (Å²) in [5, 5.41) is 0.503. The fraction of sp³-hybridized carbons (Fsp3) is 0.290. The average molecular weight is 516 g/mol. The van der Waals surface area contributed by atoms with Crippen molar-refractivity contribution < 1.29 is 28.5 Å². The molecule has 4 rings (SSSR count). The number of benzene rings is 3. The Morgan fingerprint density at radius 2 is 1.34 bits per heavy atom. The lowest BCUT2D eigenvalue weighted by Gasteiger charge is -2.19. The van der Waals surface area contributed by atoms with Crippen molar-refractivity contribution in [2.24, 2.45) is 0 Å². The molecule has 0 spiro atoms. The van der Waals surface area contributed by atoms with Crippen LogP contribution < -0.4 is 9.47 Å². The zero-order valence-electron chi connectivity index (χ0n) is 22.8. The van der Waals surface area contributed by atoms with Crippen LogP contribution in [0, 0.1) is 0 Å². The number of fused-ring (bicyclic) bond motifs is 1. The molecule has 0 N–H and O–H groups in total. The molecule has 0 unspecified atom stereocenters. The van der Waals surface area contributed by atoms with Gasteiger partial charge in [-0.1, -0.05) is 32.9 Å². The van der Waals surface area contributed by atoms with Crippen molar-refractivity contribution >= 4 is 22.8 Å². The van der Waals surface area contributed by atoms with Gasteiger partial charge < -0.3 is 23.5 Å². The van der Waals surface area contributed by atoms with Crippen molar-refractivity contribution in [1.82, 2.24) is 4.57 Å². The molecular formula is C31H33NO6. The molecule has 0 aliphatic carbocycles. The zero-order chi connectivity index (χ0) is 27.6. The van der Waals surface area contributed by atoms with E-state index in [4.69, 9.17) is 18.9 Å². The van der Waals surface area contributed by atoms with Gasteiger partial charge in [0.2, 0.25) is 0 Å². The van der Waals surface area contributed by atoms with Gasteiger partial charge in [-0.05, 0) is 79.4 Å². The van der Waals surface area contributed by atoms with Gasteiger partial charge in [0.25, 0.3) is 0 Å². The summed E-state index contributed by atoms with van der Waals surface area (Å²) in [6.07, 6.45) is 0.0212. The Morgan fingerprint density at radius 1 is 0.763 bits per heavy atom. The average Bonchev–Trinajstić information content (AvgIpc) is 3.22. The van der Waals surface area contributed by atoms with E-state index >= 15 is 0 Å². The van der Waals surface area contributed by atoms with E-state index in [1.165, 1.54) is 19.8 Å². The summed E-state index contributed by atoms with van der Waals surface area (Å²) >= 11 is 0. The monoisotopic (exact) mass is 515 g/mol. The second kappa shape index (κ2) is 10.6. The number of methoxy groups -OCH3 is 2. The van der Waals surface area contributed by atoms with Crippen molar-refractivity contribution in [1.29, 1.82) is 0 Å². The Bertz CT molecular complexity index is 1460. The van der Waals surface area contributed by atoms with Crippen LogP contribution in [-0.2, 0) is 14.9 Å². The van der Waals surface area contributed by atoms with Crippen LogP contribution in [0.4, 0.5) is 0 Å². The molecule has 38 heavy (non-hydrogen) atoms. The van der Waals surface area contributed by atoms with E-state index in [1.807, 2.05) is 68.4 Å². The smallest absolute Gasteiger partial charge is 0.355 e. The number of hydrogen-bond acceptors (Lipinski definition) is 6. The van der Waals surface area contributed by atoms with E-state index in [0.29, 0.717) is 33.8 Å². The van der Waals surface area contributed by atoms with Gasteiger partial charge in [-0.15, -0.1) is 0 Å². The van der Waals surface area contributed by atoms with E-state index in [9.17, 15) is 9.59 Å². The second-order valence-electron chi connectivity index (χ2n) is 10.3. The summed E-state index contributed by atoms with van der Waals surface area (Å²) in [4.78, 5) is 26.0. The van der Waals surface area contributed by atoms with Crippen molar-refractivity contribution in [3.05, 3.63) is 83.6 Å². The zero-order valence-corrected chi connectivity index (χ0v) is 22.8. The van der Waals surface area contributed by atoms with Crippen LogP contribution in [0.3, 0.4) is 0 Å². The first-order chi connectivity index (χ1) is 18.0. The van der Waals surface area contributed by atoms with E-state index in [2.05, 4.69) is 20.8 Å². The summed E-state index contributed by atoms with van der Waals surface area (Å²) in [5.74, 6) is 0.553. The summed E-state index contributed by atoms with van der Waals surface area (Å²) < 4.78 is 23.7. The van der Waals surface area contributed by atoms with E-state index < -0.39 is 11.9 Å². The van der Waals surface area contributed by atoms with Crippen LogP contribution in [0.25, 0.3) is 16.6 Å². The molecule has 0 aliphatic rings. The largest absolute Gasteiger partial charge is 0.491 e. The minimum absolute atomic E-state index is 0.0212. The van der Waals surface area contributed by atoms with Crippen LogP contribution >= 0.6 is 0 Å². The number of ether oxygens (including phenoxy) is 4. The van der Waals surface area contributed by atoms with E-state index in [-0.39, 0.29) is 22.8 Å². The predicted octanol–water partition coefficient (Wildman–Crippen LogP) is 7.08. The van der Waals surface area contributed by atoms with Gasteiger partial charge in [-0.3, -0.25) is 0 Å². The Hall–Kier alpha value is -4.26.